The molecule has 5 nitrogen and oxygen atoms in total. The molecule has 6 heteroatoms. The lowest BCUT2D eigenvalue weighted by atomic mass is 10.2. The van der Waals surface area contributed by atoms with Crippen LogP contribution in [0.15, 0.2) is 18.5 Å². The van der Waals surface area contributed by atoms with Crippen molar-refractivity contribution >= 4 is 10.0 Å². The van der Waals surface area contributed by atoms with Crippen molar-refractivity contribution in [2.24, 2.45) is 0 Å². The number of aromatic nitrogens is 1. The highest BCUT2D eigenvalue weighted by atomic mass is 32.2. The molecule has 1 aromatic rings. The molecule has 0 saturated heterocycles. The summed E-state index contributed by atoms with van der Waals surface area (Å²) in [5.41, 5.74) is 1.95. The van der Waals surface area contributed by atoms with Crippen LogP contribution in [0.1, 0.15) is 30.9 Å². The minimum Gasteiger partial charge on any atom is -0.313 e. The van der Waals surface area contributed by atoms with Crippen LogP contribution >= 0.6 is 0 Å². The molecular weight excluding hydrogens is 262 g/mol. The zero-order valence-electron chi connectivity index (χ0n) is 11.4. The van der Waals surface area contributed by atoms with Crippen LogP contribution in [0.3, 0.4) is 0 Å². The van der Waals surface area contributed by atoms with Gasteiger partial charge in [-0.25, -0.2) is 13.1 Å². The number of nitrogens with zero attached hydrogens (tertiary/aromatic N) is 1. The van der Waals surface area contributed by atoms with E-state index in [9.17, 15) is 8.42 Å². The second-order valence-electron chi connectivity index (χ2n) is 5.16. The Kier molecular flexibility index (Phi) is 4.54. The summed E-state index contributed by atoms with van der Waals surface area (Å²) in [4.78, 5) is 3.99. The van der Waals surface area contributed by atoms with Crippen LogP contribution in [0.25, 0.3) is 0 Å². The SMILES string of the molecule is Cc1cnccc1CNS(=O)(=O)C(C)CNC1CC1. The highest BCUT2D eigenvalue weighted by Crippen LogP contribution is 2.18. The summed E-state index contributed by atoms with van der Waals surface area (Å²) in [5, 5.41) is 2.82. The van der Waals surface area contributed by atoms with Crippen LogP contribution in [0.2, 0.25) is 0 Å². The van der Waals surface area contributed by atoms with Gasteiger partial charge >= 0.3 is 0 Å². The first-order chi connectivity index (χ1) is 8.99. The third-order valence-electron chi connectivity index (χ3n) is 3.40. The van der Waals surface area contributed by atoms with Crippen molar-refractivity contribution in [3.05, 3.63) is 29.6 Å². The highest BCUT2D eigenvalue weighted by molar-refractivity contribution is 7.90. The number of pyridine rings is 1. The molecule has 19 heavy (non-hydrogen) atoms. The number of aryl methyl sites for hydroxylation is 1. The summed E-state index contributed by atoms with van der Waals surface area (Å²) in [6, 6.07) is 2.37. The van der Waals surface area contributed by atoms with Crippen LogP contribution in [0.5, 0.6) is 0 Å². The van der Waals surface area contributed by atoms with Gasteiger partial charge in [-0.15, -0.1) is 0 Å². The fourth-order valence-corrected chi connectivity index (χ4v) is 2.71. The van der Waals surface area contributed by atoms with Gasteiger partial charge in [0.05, 0.1) is 5.25 Å². The Balaban J connectivity index is 1.87. The second kappa shape index (κ2) is 5.98. The van der Waals surface area contributed by atoms with Crippen molar-refractivity contribution in [1.29, 1.82) is 0 Å². The van der Waals surface area contributed by atoms with Crippen LogP contribution in [-0.2, 0) is 16.6 Å². The van der Waals surface area contributed by atoms with Crippen molar-refractivity contribution in [2.75, 3.05) is 6.54 Å². The Morgan fingerprint density at radius 1 is 1.47 bits per heavy atom. The van der Waals surface area contributed by atoms with Crippen LogP contribution in [0.4, 0.5) is 0 Å². The first-order valence-electron chi connectivity index (χ1n) is 6.60. The molecule has 1 unspecified atom stereocenters. The Labute approximate surface area is 114 Å². The van der Waals surface area contributed by atoms with E-state index in [1.54, 1.807) is 19.3 Å². The summed E-state index contributed by atoms with van der Waals surface area (Å²) in [6.07, 6.45) is 5.74. The molecule has 1 aromatic heterocycles. The number of sulfonamides is 1. The lowest BCUT2D eigenvalue weighted by Gasteiger charge is -2.15. The van der Waals surface area contributed by atoms with Crippen LogP contribution in [0, 0.1) is 6.92 Å². The van der Waals surface area contributed by atoms with Gasteiger partial charge in [0.2, 0.25) is 10.0 Å². The van der Waals surface area contributed by atoms with Gasteiger partial charge < -0.3 is 5.32 Å². The van der Waals surface area contributed by atoms with E-state index in [1.807, 2.05) is 13.0 Å². The Bertz CT molecular complexity index is 526. The maximum Gasteiger partial charge on any atom is 0.215 e. The zero-order valence-corrected chi connectivity index (χ0v) is 12.2. The Morgan fingerprint density at radius 2 is 2.21 bits per heavy atom. The van der Waals surface area contributed by atoms with Gasteiger partial charge in [0.25, 0.3) is 0 Å². The van der Waals surface area contributed by atoms with Crippen molar-refractivity contribution < 1.29 is 8.42 Å². The van der Waals surface area contributed by atoms with E-state index in [0.717, 1.165) is 24.0 Å². The van der Waals surface area contributed by atoms with Gasteiger partial charge in [0.1, 0.15) is 0 Å². The third kappa shape index (κ3) is 4.26. The third-order valence-corrected chi connectivity index (χ3v) is 5.17. The molecular formula is C13H21N3O2S. The average molecular weight is 283 g/mol. The van der Waals surface area contributed by atoms with Crippen molar-refractivity contribution in [2.45, 2.75) is 44.5 Å². The summed E-state index contributed by atoms with van der Waals surface area (Å²) >= 11 is 0. The minimum absolute atomic E-state index is 0.324. The minimum atomic E-state index is -3.28. The lowest BCUT2D eigenvalue weighted by molar-refractivity contribution is 0.556. The molecule has 1 fully saturated rings. The van der Waals surface area contributed by atoms with E-state index in [0.29, 0.717) is 19.1 Å². The van der Waals surface area contributed by atoms with Crippen molar-refractivity contribution in [3.63, 3.8) is 0 Å². The molecule has 0 spiro atoms. The van der Waals surface area contributed by atoms with E-state index in [2.05, 4.69) is 15.0 Å². The average Bonchev–Trinajstić information content (AvgIpc) is 3.19. The summed E-state index contributed by atoms with van der Waals surface area (Å²) in [7, 11) is -3.28. The van der Waals surface area contributed by atoms with Gasteiger partial charge in [0.15, 0.2) is 0 Å². The molecule has 2 rings (SSSR count). The molecule has 0 aromatic carbocycles. The molecule has 0 amide bonds. The molecule has 0 radical (unpaired) electrons. The summed E-state index contributed by atoms with van der Waals surface area (Å²) < 4.78 is 26.8. The summed E-state index contributed by atoms with van der Waals surface area (Å²) in [5.74, 6) is 0. The molecule has 1 saturated carbocycles. The van der Waals surface area contributed by atoms with Crippen molar-refractivity contribution in [1.82, 2.24) is 15.0 Å². The highest BCUT2D eigenvalue weighted by Gasteiger charge is 2.25. The first kappa shape index (κ1) is 14.4. The molecule has 1 heterocycles. The fourth-order valence-electron chi connectivity index (χ4n) is 1.75. The normalized spacial score (nSPS) is 17.4. The number of nitrogens with one attached hydrogen (secondary N) is 2. The maximum absolute atomic E-state index is 12.1. The van der Waals surface area contributed by atoms with Gasteiger partial charge in [-0.1, -0.05) is 0 Å². The monoisotopic (exact) mass is 283 g/mol. The zero-order chi connectivity index (χ0) is 13.9. The molecule has 1 aliphatic carbocycles. The lowest BCUT2D eigenvalue weighted by Crippen LogP contribution is -2.39. The van der Waals surface area contributed by atoms with E-state index in [1.165, 1.54) is 0 Å². The topological polar surface area (TPSA) is 71.1 Å². The molecule has 2 N–H and O–H groups in total. The summed E-state index contributed by atoms with van der Waals surface area (Å²) in [6.45, 7) is 4.49. The molecule has 0 aliphatic heterocycles. The van der Waals surface area contributed by atoms with E-state index in [-0.39, 0.29) is 0 Å². The Morgan fingerprint density at radius 3 is 2.84 bits per heavy atom. The maximum atomic E-state index is 12.1. The molecule has 0 bridgehead atoms. The molecule has 106 valence electrons. The first-order valence-corrected chi connectivity index (χ1v) is 8.15. The number of rotatable bonds is 7. The Hall–Kier alpha value is -0.980. The second-order valence-corrected chi connectivity index (χ2v) is 7.34. The predicted octanol–water partition coefficient (Wildman–Crippen LogP) is 0.950. The van der Waals surface area contributed by atoms with E-state index in [4.69, 9.17) is 0 Å². The molecule has 1 atom stereocenters. The van der Waals surface area contributed by atoms with E-state index < -0.39 is 15.3 Å². The fraction of sp³-hybridized carbons (Fsp3) is 0.615. The van der Waals surface area contributed by atoms with Crippen molar-refractivity contribution in [3.8, 4) is 0 Å². The standard InChI is InChI=1S/C13H21N3O2S/c1-10-7-14-6-5-12(10)9-16-19(17,18)11(2)8-15-13-3-4-13/h5-7,11,13,15-16H,3-4,8-9H2,1-2H3. The van der Waals surface area contributed by atoms with Gasteiger partial charge in [0, 0.05) is 31.5 Å². The number of hydrogen-bond donors (Lipinski definition) is 2. The largest absolute Gasteiger partial charge is 0.313 e. The predicted molar refractivity (Wildman–Crippen MR) is 75.2 cm³/mol. The van der Waals surface area contributed by atoms with Crippen LogP contribution in [-0.4, -0.2) is 31.2 Å². The quantitative estimate of drug-likeness (QED) is 0.781. The van der Waals surface area contributed by atoms with Gasteiger partial charge in [-0.3, -0.25) is 4.98 Å². The van der Waals surface area contributed by atoms with Gasteiger partial charge in [-0.2, -0.15) is 0 Å². The van der Waals surface area contributed by atoms with Gasteiger partial charge in [-0.05, 0) is 43.9 Å². The smallest absolute Gasteiger partial charge is 0.215 e. The van der Waals surface area contributed by atoms with Crippen LogP contribution < -0.4 is 10.0 Å². The number of hydrogen-bond acceptors (Lipinski definition) is 4. The molecule has 1 aliphatic rings. The van der Waals surface area contributed by atoms with E-state index >= 15 is 0 Å².